The van der Waals surface area contributed by atoms with Gasteiger partial charge in [0.05, 0.1) is 26.1 Å². The molecule has 0 saturated carbocycles. The van der Waals surface area contributed by atoms with Crippen LogP contribution in [-0.2, 0) is 23.8 Å². The maximum Gasteiger partial charge on any atom is 0.306 e. The molecule has 0 aromatic carbocycles. The van der Waals surface area contributed by atoms with Crippen molar-refractivity contribution in [1.29, 1.82) is 0 Å². The Morgan fingerprint density at radius 2 is 0.931 bits per heavy atom. The van der Waals surface area contributed by atoms with Gasteiger partial charge in [-0.25, -0.2) is 0 Å². The molecule has 172 valence electrons. The first-order chi connectivity index (χ1) is 14.2. The van der Waals surface area contributed by atoms with Crippen molar-refractivity contribution in [3.8, 4) is 0 Å². The highest BCUT2D eigenvalue weighted by Gasteiger charge is 2.09. The molecule has 0 radical (unpaired) electrons. The fourth-order valence-corrected chi connectivity index (χ4v) is 3.19. The third-order valence-corrected chi connectivity index (χ3v) is 4.99. The number of ether oxygens (including phenoxy) is 3. The van der Waals surface area contributed by atoms with Crippen LogP contribution in [0.3, 0.4) is 0 Å². The molecule has 5 heteroatoms. The summed E-state index contributed by atoms with van der Waals surface area (Å²) >= 11 is 0. The molecule has 0 amide bonds. The van der Waals surface area contributed by atoms with Gasteiger partial charge >= 0.3 is 11.9 Å². The highest BCUT2D eigenvalue weighted by atomic mass is 16.6. The number of unbranched alkanes of at least 4 members (excludes halogenated alkanes) is 13. The quantitative estimate of drug-likeness (QED) is 0.152. The van der Waals surface area contributed by atoms with E-state index in [0.29, 0.717) is 19.8 Å². The first kappa shape index (κ1) is 27.9. The van der Waals surface area contributed by atoms with E-state index in [2.05, 4.69) is 6.92 Å². The lowest BCUT2D eigenvalue weighted by Gasteiger charge is -2.06. The van der Waals surface area contributed by atoms with Gasteiger partial charge in [-0.2, -0.15) is 0 Å². The molecule has 0 unspecified atom stereocenters. The summed E-state index contributed by atoms with van der Waals surface area (Å²) in [7, 11) is 0. The Kier molecular flexibility index (Phi) is 22.3. The summed E-state index contributed by atoms with van der Waals surface area (Å²) in [5.74, 6) is -0.695. The van der Waals surface area contributed by atoms with Crippen molar-refractivity contribution in [3.63, 3.8) is 0 Å². The number of hydrogen-bond acceptors (Lipinski definition) is 5. The minimum absolute atomic E-state index is 0.0731. The monoisotopic (exact) mass is 414 g/mol. The number of carbonyl (C=O) groups excluding carboxylic acids is 2. The van der Waals surface area contributed by atoms with E-state index in [-0.39, 0.29) is 31.4 Å². The molecule has 5 nitrogen and oxygen atoms in total. The molecule has 29 heavy (non-hydrogen) atoms. The van der Waals surface area contributed by atoms with E-state index in [1.54, 1.807) is 0 Å². The smallest absolute Gasteiger partial charge is 0.306 e. The Morgan fingerprint density at radius 1 is 0.517 bits per heavy atom. The van der Waals surface area contributed by atoms with Crippen LogP contribution in [0.4, 0.5) is 0 Å². The van der Waals surface area contributed by atoms with E-state index < -0.39 is 0 Å². The molecule has 0 atom stereocenters. The maximum absolute atomic E-state index is 11.6. The number of rotatable bonds is 22. The predicted molar refractivity (Wildman–Crippen MR) is 118 cm³/mol. The molecular weight excluding hydrogens is 368 g/mol. The molecule has 0 saturated heterocycles. The normalized spacial score (nSPS) is 10.8. The average molecular weight is 415 g/mol. The minimum atomic E-state index is -0.377. The Labute approximate surface area is 179 Å². The molecule has 0 bridgehead atoms. The van der Waals surface area contributed by atoms with Gasteiger partial charge in [0.2, 0.25) is 0 Å². The standard InChI is InChI=1S/C24H46O5/c1-3-5-6-7-8-9-10-11-12-13-14-15-16-17-20-28-23(25)18-19-24(26)29-22-21-27-4-2/h3-22H2,1-2H3. The van der Waals surface area contributed by atoms with Gasteiger partial charge in [0.25, 0.3) is 0 Å². The summed E-state index contributed by atoms with van der Waals surface area (Å²) < 4.78 is 15.2. The summed E-state index contributed by atoms with van der Waals surface area (Å²) in [6.45, 7) is 5.84. The minimum Gasteiger partial charge on any atom is -0.466 e. The van der Waals surface area contributed by atoms with Crippen molar-refractivity contribution in [3.05, 3.63) is 0 Å². The maximum atomic E-state index is 11.6. The first-order valence-electron chi connectivity index (χ1n) is 12.1. The second-order valence-electron chi connectivity index (χ2n) is 7.73. The molecule has 0 spiro atoms. The van der Waals surface area contributed by atoms with Crippen LogP contribution in [0.2, 0.25) is 0 Å². The molecule has 0 aromatic rings. The summed E-state index contributed by atoms with van der Waals surface area (Å²) in [5, 5.41) is 0. The van der Waals surface area contributed by atoms with E-state index in [9.17, 15) is 9.59 Å². The zero-order valence-corrected chi connectivity index (χ0v) is 19.2. The number of hydrogen-bond donors (Lipinski definition) is 0. The zero-order valence-electron chi connectivity index (χ0n) is 19.2. The summed E-state index contributed by atoms with van der Waals surface area (Å²) in [5.41, 5.74) is 0. The van der Waals surface area contributed by atoms with Crippen molar-refractivity contribution < 1.29 is 23.8 Å². The van der Waals surface area contributed by atoms with Crippen molar-refractivity contribution in [1.82, 2.24) is 0 Å². The largest absolute Gasteiger partial charge is 0.466 e. The third-order valence-electron chi connectivity index (χ3n) is 4.99. The van der Waals surface area contributed by atoms with Gasteiger partial charge in [-0.1, -0.05) is 90.4 Å². The number of esters is 2. The summed E-state index contributed by atoms with van der Waals surface area (Å²) in [4.78, 5) is 23.0. The van der Waals surface area contributed by atoms with Gasteiger partial charge in [-0.15, -0.1) is 0 Å². The summed E-state index contributed by atoms with van der Waals surface area (Å²) in [6.07, 6.45) is 18.4. The molecule has 0 aliphatic carbocycles. The molecule has 0 aliphatic heterocycles. The van der Waals surface area contributed by atoms with Gasteiger partial charge in [-0.05, 0) is 13.3 Å². The Bertz CT molecular complexity index is 370. The van der Waals surface area contributed by atoms with E-state index >= 15 is 0 Å². The Balaban J connectivity index is 3.23. The molecular formula is C24H46O5. The van der Waals surface area contributed by atoms with Crippen LogP contribution >= 0.6 is 0 Å². The van der Waals surface area contributed by atoms with E-state index in [1.165, 1.54) is 77.0 Å². The van der Waals surface area contributed by atoms with Crippen molar-refractivity contribution in [2.75, 3.05) is 26.4 Å². The van der Waals surface area contributed by atoms with Crippen LogP contribution < -0.4 is 0 Å². The second-order valence-corrected chi connectivity index (χ2v) is 7.73. The summed E-state index contributed by atoms with van der Waals surface area (Å²) in [6, 6.07) is 0. The molecule has 0 aliphatic rings. The number of carbonyl (C=O) groups is 2. The lowest BCUT2D eigenvalue weighted by atomic mass is 10.0. The van der Waals surface area contributed by atoms with Gasteiger partial charge in [-0.3, -0.25) is 9.59 Å². The van der Waals surface area contributed by atoms with Gasteiger partial charge in [0.1, 0.15) is 6.61 Å². The molecule has 0 fully saturated rings. The molecule has 0 N–H and O–H groups in total. The third kappa shape index (κ3) is 23.0. The first-order valence-corrected chi connectivity index (χ1v) is 12.1. The molecule has 0 heterocycles. The van der Waals surface area contributed by atoms with Crippen LogP contribution in [0.1, 0.15) is 117 Å². The zero-order chi connectivity index (χ0) is 21.4. The highest BCUT2D eigenvalue weighted by Crippen LogP contribution is 2.13. The van der Waals surface area contributed by atoms with Crippen LogP contribution in [0, 0.1) is 0 Å². The lowest BCUT2D eigenvalue weighted by molar-refractivity contribution is -0.151. The van der Waals surface area contributed by atoms with Crippen molar-refractivity contribution in [2.45, 2.75) is 117 Å². The highest BCUT2D eigenvalue weighted by molar-refractivity contribution is 5.77. The van der Waals surface area contributed by atoms with Crippen LogP contribution in [0.15, 0.2) is 0 Å². The van der Waals surface area contributed by atoms with E-state index in [0.717, 1.165) is 12.8 Å². The molecule has 0 rings (SSSR count). The van der Waals surface area contributed by atoms with Gasteiger partial charge in [0.15, 0.2) is 0 Å². The fraction of sp³-hybridized carbons (Fsp3) is 0.917. The second kappa shape index (κ2) is 23.2. The fourth-order valence-electron chi connectivity index (χ4n) is 3.19. The average Bonchev–Trinajstić information content (AvgIpc) is 2.72. The Hall–Kier alpha value is -1.10. The van der Waals surface area contributed by atoms with E-state index in [1.807, 2.05) is 6.92 Å². The molecule has 0 aromatic heterocycles. The van der Waals surface area contributed by atoms with Crippen LogP contribution in [0.5, 0.6) is 0 Å². The van der Waals surface area contributed by atoms with Gasteiger partial charge in [0, 0.05) is 6.61 Å². The topological polar surface area (TPSA) is 61.8 Å². The van der Waals surface area contributed by atoms with E-state index in [4.69, 9.17) is 14.2 Å². The van der Waals surface area contributed by atoms with Crippen molar-refractivity contribution in [2.24, 2.45) is 0 Å². The lowest BCUT2D eigenvalue weighted by Crippen LogP contribution is -2.13. The van der Waals surface area contributed by atoms with Crippen molar-refractivity contribution >= 4 is 11.9 Å². The van der Waals surface area contributed by atoms with Crippen LogP contribution in [0.25, 0.3) is 0 Å². The van der Waals surface area contributed by atoms with Crippen LogP contribution in [-0.4, -0.2) is 38.4 Å². The van der Waals surface area contributed by atoms with Gasteiger partial charge < -0.3 is 14.2 Å². The SMILES string of the molecule is CCCCCCCCCCCCCCCCOC(=O)CCC(=O)OCCOCC. The Morgan fingerprint density at radius 3 is 1.38 bits per heavy atom. The predicted octanol–water partition coefficient (Wildman–Crippen LogP) is 6.37.